The third kappa shape index (κ3) is 2.95. The van der Waals surface area contributed by atoms with Gasteiger partial charge in [0.15, 0.2) is 0 Å². The van der Waals surface area contributed by atoms with Crippen molar-refractivity contribution < 1.29 is 0 Å². The number of hydrogen-bond donors (Lipinski definition) is 2. The van der Waals surface area contributed by atoms with Crippen LogP contribution in [0.4, 0.5) is 11.8 Å². The van der Waals surface area contributed by atoms with Gasteiger partial charge in [-0.3, -0.25) is 0 Å². The molecule has 0 atom stereocenters. The molecule has 0 radical (unpaired) electrons. The van der Waals surface area contributed by atoms with E-state index in [1.807, 2.05) is 24.3 Å². The predicted molar refractivity (Wildman–Crippen MR) is 81.1 cm³/mol. The maximum Gasteiger partial charge on any atom is 0.222 e. The molecular formula is C15H22N4. The van der Waals surface area contributed by atoms with Gasteiger partial charge in [0, 0.05) is 11.9 Å². The Balaban J connectivity index is 2.30. The van der Waals surface area contributed by atoms with Gasteiger partial charge < -0.3 is 11.1 Å². The maximum absolute atomic E-state index is 5.76. The molecule has 0 aliphatic rings. The molecule has 102 valence electrons. The van der Waals surface area contributed by atoms with Gasteiger partial charge >= 0.3 is 0 Å². The Morgan fingerprint density at radius 3 is 2.58 bits per heavy atom. The molecule has 0 fully saturated rings. The fraction of sp³-hybridized carbons (Fsp3) is 0.467. The van der Waals surface area contributed by atoms with Crippen LogP contribution in [0.1, 0.15) is 27.7 Å². The Hall–Kier alpha value is -1.84. The number of rotatable bonds is 4. The summed E-state index contributed by atoms with van der Waals surface area (Å²) >= 11 is 0. The third-order valence-electron chi connectivity index (χ3n) is 3.89. The minimum Gasteiger partial charge on any atom is -0.369 e. The van der Waals surface area contributed by atoms with Crippen LogP contribution in [-0.4, -0.2) is 16.5 Å². The van der Waals surface area contributed by atoms with Gasteiger partial charge in [-0.2, -0.15) is 4.98 Å². The van der Waals surface area contributed by atoms with E-state index in [-0.39, 0.29) is 5.41 Å². The Labute approximate surface area is 114 Å². The average Bonchev–Trinajstić information content (AvgIpc) is 2.35. The van der Waals surface area contributed by atoms with Crippen LogP contribution < -0.4 is 11.1 Å². The van der Waals surface area contributed by atoms with Crippen LogP contribution in [0.3, 0.4) is 0 Å². The normalized spacial score (nSPS) is 12.1. The topological polar surface area (TPSA) is 63.8 Å². The van der Waals surface area contributed by atoms with Crippen molar-refractivity contribution in [1.82, 2.24) is 9.97 Å². The predicted octanol–water partition coefficient (Wildman–Crippen LogP) is 3.31. The van der Waals surface area contributed by atoms with Gasteiger partial charge in [-0.25, -0.2) is 4.98 Å². The first-order valence-corrected chi connectivity index (χ1v) is 6.66. The van der Waals surface area contributed by atoms with Crippen LogP contribution in [0.25, 0.3) is 10.9 Å². The maximum atomic E-state index is 5.76. The summed E-state index contributed by atoms with van der Waals surface area (Å²) < 4.78 is 0. The zero-order valence-corrected chi connectivity index (χ0v) is 12.1. The highest BCUT2D eigenvalue weighted by molar-refractivity contribution is 5.89. The summed E-state index contributed by atoms with van der Waals surface area (Å²) in [5, 5.41) is 4.43. The van der Waals surface area contributed by atoms with E-state index in [0.29, 0.717) is 11.9 Å². The fourth-order valence-electron chi connectivity index (χ4n) is 1.74. The number of para-hydroxylation sites is 1. The Bertz CT molecular complexity index is 575. The molecule has 0 bridgehead atoms. The second kappa shape index (κ2) is 5.03. The molecular weight excluding hydrogens is 236 g/mol. The molecule has 2 rings (SSSR count). The number of anilines is 2. The minimum absolute atomic E-state index is 0.195. The van der Waals surface area contributed by atoms with Gasteiger partial charge in [-0.05, 0) is 23.5 Å². The standard InChI is InChI=1S/C15H22N4/c1-10(2)15(3,4)9-17-13-11-7-5-6-8-12(11)18-14(16)19-13/h5-8,10H,9H2,1-4H3,(H3,16,17,18,19). The molecule has 4 heteroatoms. The minimum atomic E-state index is 0.195. The number of nitrogens with one attached hydrogen (secondary N) is 1. The molecule has 1 heterocycles. The van der Waals surface area contributed by atoms with Gasteiger partial charge in [0.25, 0.3) is 0 Å². The molecule has 1 aromatic carbocycles. The number of fused-ring (bicyclic) bond motifs is 1. The lowest BCUT2D eigenvalue weighted by Gasteiger charge is -2.29. The van der Waals surface area contributed by atoms with E-state index in [2.05, 4.69) is 43.0 Å². The van der Waals surface area contributed by atoms with E-state index in [9.17, 15) is 0 Å². The molecule has 0 aliphatic heterocycles. The van der Waals surface area contributed by atoms with Crippen molar-refractivity contribution in [3.05, 3.63) is 24.3 Å². The summed E-state index contributed by atoms with van der Waals surface area (Å²) in [6.07, 6.45) is 0. The average molecular weight is 258 g/mol. The highest BCUT2D eigenvalue weighted by Gasteiger charge is 2.22. The van der Waals surface area contributed by atoms with Crippen LogP contribution in [0.5, 0.6) is 0 Å². The molecule has 2 aromatic rings. The van der Waals surface area contributed by atoms with Crippen LogP contribution in [0.15, 0.2) is 24.3 Å². The monoisotopic (exact) mass is 258 g/mol. The van der Waals surface area contributed by atoms with E-state index >= 15 is 0 Å². The third-order valence-corrected chi connectivity index (χ3v) is 3.89. The van der Waals surface area contributed by atoms with Gasteiger partial charge in [0.1, 0.15) is 5.82 Å². The van der Waals surface area contributed by atoms with Crippen molar-refractivity contribution in [2.24, 2.45) is 11.3 Å². The van der Waals surface area contributed by atoms with Gasteiger partial charge in [-0.15, -0.1) is 0 Å². The zero-order valence-electron chi connectivity index (χ0n) is 12.1. The molecule has 0 saturated carbocycles. The smallest absolute Gasteiger partial charge is 0.222 e. The fourth-order valence-corrected chi connectivity index (χ4v) is 1.74. The summed E-state index contributed by atoms with van der Waals surface area (Å²) in [6, 6.07) is 7.91. The SMILES string of the molecule is CC(C)C(C)(C)CNc1nc(N)nc2ccccc12. The molecule has 0 unspecified atom stereocenters. The first-order chi connectivity index (χ1) is 8.90. The lowest BCUT2D eigenvalue weighted by Crippen LogP contribution is -2.29. The molecule has 0 saturated heterocycles. The summed E-state index contributed by atoms with van der Waals surface area (Å²) in [5.74, 6) is 1.71. The van der Waals surface area contributed by atoms with Gasteiger partial charge in [-0.1, -0.05) is 39.8 Å². The highest BCUT2D eigenvalue weighted by atomic mass is 15.1. The second-order valence-corrected chi connectivity index (χ2v) is 5.94. The van der Waals surface area contributed by atoms with Crippen LogP contribution in [0, 0.1) is 11.3 Å². The Morgan fingerprint density at radius 2 is 1.89 bits per heavy atom. The van der Waals surface area contributed by atoms with Crippen LogP contribution in [-0.2, 0) is 0 Å². The second-order valence-electron chi connectivity index (χ2n) is 5.94. The highest BCUT2D eigenvalue weighted by Crippen LogP contribution is 2.28. The summed E-state index contributed by atoms with van der Waals surface area (Å²) in [5.41, 5.74) is 6.83. The Morgan fingerprint density at radius 1 is 1.21 bits per heavy atom. The lowest BCUT2D eigenvalue weighted by molar-refractivity contribution is 0.269. The number of nitrogens with zero attached hydrogens (tertiary/aromatic N) is 2. The summed E-state index contributed by atoms with van der Waals surface area (Å²) in [7, 11) is 0. The summed E-state index contributed by atoms with van der Waals surface area (Å²) in [4.78, 5) is 8.56. The zero-order chi connectivity index (χ0) is 14.0. The van der Waals surface area contributed by atoms with Crippen molar-refractivity contribution in [3.8, 4) is 0 Å². The van der Waals surface area contributed by atoms with E-state index in [4.69, 9.17) is 5.73 Å². The van der Waals surface area contributed by atoms with E-state index < -0.39 is 0 Å². The first-order valence-electron chi connectivity index (χ1n) is 6.66. The largest absolute Gasteiger partial charge is 0.369 e. The number of benzene rings is 1. The molecule has 1 aromatic heterocycles. The van der Waals surface area contributed by atoms with Crippen molar-refractivity contribution in [1.29, 1.82) is 0 Å². The number of nitrogen functional groups attached to an aromatic ring is 1. The molecule has 0 spiro atoms. The number of aromatic nitrogens is 2. The van der Waals surface area contributed by atoms with Crippen molar-refractivity contribution in [2.45, 2.75) is 27.7 Å². The lowest BCUT2D eigenvalue weighted by atomic mass is 9.81. The molecule has 0 amide bonds. The molecule has 0 aliphatic carbocycles. The van der Waals surface area contributed by atoms with Crippen LogP contribution in [0.2, 0.25) is 0 Å². The summed E-state index contributed by atoms with van der Waals surface area (Å²) in [6.45, 7) is 9.81. The van der Waals surface area contributed by atoms with Crippen molar-refractivity contribution in [3.63, 3.8) is 0 Å². The van der Waals surface area contributed by atoms with E-state index in [0.717, 1.165) is 23.3 Å². The quantitative estimate of drug-likeness (QED) is 0.883. The van der Waals surface area contributed by atoms with Gasteiger partial charge in [0.05, 0.1) is 5.52 Å². The molecule has 4 nitrogen and oxygen atoms in total. The number of hydrogen-bond acceptors (Lipinski definition) is 4. The first kappa shape index (κ1) is 13.6. The van der Waals surface area contributed by atoms with E-state index in [1.165, 1.54) is 0 Å². The van der Waals surface area contributed by atoms with Crippen molar-refractivity contribution >= 4 is 22.7 Å². The van der Waals surface area contributed by atoms with Gasteiger partial charge in [0.2, 0.25) is 5.95 Å². The molecule has 19 heavy (non-hydrogen) atoms. The number of nitrogens with two attached hydrogens (primary N) is 1. The molecule has 3 N–H and O–H groups in total. The van der Waals surface area contributed by atoms with Crippen LogP contribution >= 0.6 is 0 Å². The Kier molecular flexibility index (Phi) is 3.60. The van der Waals surface area contributed by atoms with Crippen molar-refractivity contribution in [2.75, 3.05) is 17.6 Å². The van der Waals surface area contributed by atoms with E-state index in [1.54, 1.807) is 0 Å².